The van der Waals surface area contributed by atoms with Gasteiger partial charge in [-0.15, -0.1) is 0 Å². The van der Waals surface area contributed by atoms with E-state index in [2.05, 4.69) is 47.5 Å². The smallest absolute Gasteiger partial charge is 0.261 e. The number of carbonyl (C=O) groups excluding carboxylic acids is 1. The lowest BCUT2D eigenvalue weighted by Gasteiger charge is -2.32. The lowest BCUT2D eigenvalue weighted by molar-refractivity contribution is -0.128. The van der Waals surface area contributed by atoms with Gasteiger partial charge in [0.05, 0.1) is 6.04 Å². The highest BCUT2D eigenvalue weighted by molar-refractivity contribution is 5.81. The molecule has 30 heavy (non-hydrogen) atoms. The minimum atomic E-state index is -0.498. The second kappa shape index (κ2) is 10.0. The predicted octanol–water partition coefficient (Wildman–Crippen LogP) is 5.57. The van der Waals surface area contributed by atoms with Gasteiger partial charge >= 0.3 is 0 Å². The molecule has 0 radical (unpaired) electrons. The minimum absolute atomic E-state index is 0.0656. The number of hydrogen-bond donors (Lipinski definition) is 1. The Morgan fingerprint density at radius 3 is 2.43 bits per heavy atom. The molecule has 0 bridgehead atoms. The molecule has 0 saturated carbocycles. The van der Waals surface area contributed by atoms with Crippen molar-refractivity contribution in [3.05, 3.63) is 59.2 Å². The van der Waals surface area contributed by atoms with Crippen molar-refractivity contribution >= 4 is 11.6 Å². The molecule has 4 heteroatoms. The molecule has 4 nitrogen and oxygen atoms in total. The number of nitrogens with one attached hydrogen (secondary N) is 1. The van der Waals surface area contributed by atoms with E-state index in [0.29, 0.717) is 6.42 Å². The van der Waals surface area contributed by atoms with Crippen LogP contribution < -0.4 is 15.0 Å². The van der Waals surface area contributed by atoms with Crippen LogP contribution in [-0.4, -0.2) is 25.1 Å². The van der Waals surface area contributed by atoms with Gasteiger partial charge in [0.25, 0.3) is 5.91 Å². The number of aryl methyl sites for hydroxylation is 2. The van der Waals surface area contributed by atoms with Gasteiger partial charge in [0.1, 0.15) is 5.75 Å². The molecule has 0 aromatic heterocycles. The number of benzene rings is 2. The van der Waals surface area contributed by atoms with E-state index in [1.165, 1.54) is 18.5 Å². The first kappa shape index (κ1) is 22.2. The molecule has 2 atom stereocenters. The van der Waals surface area contributed by atoms with Crippen molar-refractivity contribution in [2.24, 2.45) is 5.92 Å². The lowest BCUT2D eigenvalue weighted by Crippen LogP contribution is -2.39. The van der Waals surface area contributed by atoms with Crippen LogP contribution in [0.25, 0.3) is 0 Å². The molecule has 1 saturated heterocycles. The van der Waals surface area contributed by atoms with Gasteiger partial charge in [0.2, 0.25) is 0 Å². The van der Waals surface area contributed by atoms with E-state index in [1.807, 2.05) is 39.8 Å². The Morgan fingerprint density at radius 1 is 1.13 bits per heavy atom. The Labute approximate surface area is 181 Å². The zero-order valence-electron chi connectivity index (χ0n) is 19.1. The molecule has 2 aromatic carbocycles. The van der Waals surface area contributed by atoms with Crippen LogP contribution in [0.1, 0.15) is 62.8 Å². The van der Waals surface area contributed by atoms with Gasteiger partial charge in [0, 0.05) is 18.8 Å². The molecule has 1 aliphatic heterocycles. The molecule has 162 valence electrons. The van der Waals surface area contributed by atoms with Crippen molar-refractivity contribution in [3.8, 4) is 5.75 Å². The highest BCUT2D eigenvalue weighted by atomic mass is 16.5. The lowest BCUT2D eigenvalue weighted by atomic mass is 9.98. The molecule has 3 rings (SSSR count). The number of rotatable bonds is 7. The van der Waals surface area contributed by atoms with Crippen LogP contribution in [0.5, 0.6) is 5.75 Å². The fraction of sp³-hybridized carbons (Fsp3) is 0.500. The van der Waals surface area contributed by atoms with Crippen molar-refractivity contribution in [2.45, 2.75) is 66.0 Å². The molecular weight excluding hydrogens is 372 g/mol. The third-order valence-electron chi connectivity index (χ3n) is 6.18. The van der Waals surface area contributed by atoms with Gasteiger partial charge in [-0.2, -0.15) is 0 Å². The summed E-state index contributed by atoms with van der Waals surface area (Å²) in [5.41, 5.74) is 4.55. The Balaban J connectivity index is 1.60. The third kappa shape index (κ3) is 5.56. The molecule has 1 heterocycles. The van der Waals surface area contributed by atoms with Gasteiger partial charge in [0.15, 0.2) is 6.10 Å². The summed E-state index contributed by atoms with van der Waals surface area (Å²) in [6.07, 6.45) is 2.64. The summed E-state index contributed by atoms with van der Waals surface area (Å²) in [5, 5.41) is 3.13. The summed E-state index contributed by atoms with van der Waals surface area (Å²) in [6, 6.07) is 14.6. The zero-order chi connectivity index (χ0) is 21.7. The third-order valence-corrected chi connectivity index (χ3v) is 6.18. The van der Waals surface area contributed by atoms with Crippen LogP contribution in [0.15, 0.2) is 42.5 Å². The molecule has 1 N–H and O–H groups in total. The largest absolute Gasteiger partial charge is 0.480 e. The van der Waals surface area contributed by atoms with Crippen molar-refractivity contribution in [1.82, 2.24) is 5.32 Å². The Kier molecular flexibility index (Phi) is 7.41. The number of carbonyl (C=O) groups is 1. The quantitative estimate of drug-likeness (QED) is 0.651. The standard InChI is InChI=1S/C26H36N2O2/c1-6-24(30-25-17-19(3)7-8-20(25)4)26(29)27-21(5)22-9-11-23(12-10-22)28-15-13-18(2)14-16-28/h7-12,17-18,21,24H,6,13-16H2,1-5H3,(H,27,29)/t21-,24-/m0/s1. The van der Waals surface area contributed by atoms with E-state index < -0.39 is 6.10 Å². The van der Waals surface area contributed by atoms with E-state index in [0.717, 1.165) is 41.4 Å². The van der Waals surface area contributed by atoms with Crippen LogP contribution in [0.3, 0.4) is 0 Å². The van der Waals surface area contributed by atoms with Gasteiger partial charge in [-0.3, -0.25) is 4.79 Å². The maximum Gasteiger partial charge on any atom is 0.261 e. The minimum Gasteiger partial charge on any atom is -0.480 e. The number of ether oxygens (including phenoxy) is 1. The number of piperidine rings is 1. The molecule has 1 aliphatic rings. The first-order chi connectivity index (χ1) is 14.4. The van der Waals surface area contributed by atoms with Gasteiger partial charge in [-0.25, -0.2) is 0 Å². The summed E-state index contributed by atoms with van der Waals surface area (Å²) in [5.74, 6) is 1.54. The first-order valence-electron chi connectivity index (χ1n) is 11.3. The van der Waals surface area contributed by atoms with Gasteiger partial charge < -0.3 is 15.0 Å². The Morgan fingerprint density at radius 2 is 1.80 bits per heavy atom. The molecular formula is C26H36N2O2. The maximum atomic E-state index is 12.9. The van der Waals surface area contributed by atoms with Gasteiger partial charge in [-0.05, 0) is 80.8 Å². The van der Waals surface area contributed by atoms with Gasteiger partial charge in [-0.1, -0.05) is 38.1 Å². The fourth-order valence-electron chi connectivity index (χ4n) is 3.94. The number of hydrogen-bond acceptors (Lipinski definition) is 3. The van der Waals surface area contributed by atoms with E-state index in [-0.39, 0.29) is 11.9 Å². The molecule has 2 aromatic rings. The zero-order valence-corrected chi connectivity index (χ0v) is 19.1. The van der Waals surface area contributed by atoms with Crippen LogP contribution in [-0.2, 0) is 4.79 Å². The second-order valence-electron chi connectivity index (χ2n) is 8.78. The average Bonchev–Trinajstić information content (AvgIpc) is 2.74. The molecule has 0 unspecified atom stereocenters. The molecule has 0 spiro atoms. The van der Waals surface area contributed by atoms with Crippen molar-refractivity contribution in [2.75, 3.05) is 18.0 Å². The summed E-state index contributed by atoms with van der Waals surface area (Å²) in [4.78, 5) is 15.3. The van der Waals surface area contributed by atoms with Crippen molar-refractivity contribution in [1.29, 1.82) is 0 Å². The number of nitrogens with zero attached hydrogens (tertiary/aromatic N) is 1. The first-order valence-corrected chi connectivity index (χ1v) is 11.3. The number of amides is 1. The Bertz CT molecular complexity index is 839. The maximum absolute atomic E-state index is 12.9. The fourth-order valence-corrected chi connectivity index (χ4v) is 3.94. The predicted molar refractivity (Wildman–Crippen MR) is 124 cm³/mol. The molecule has 1 amide bonds. The highest BCUT2D eigenvalue weighted by Gasteiger charge is 2.22. The average molecular weight is 409 g/mol. The van der Waals surface area contributed by atoms with Crippen LogP contribution in [0.4, 0.5) is 5.69 Å². The normalized spacial score (nSPS) is 16.8. The topological polar surface area (TPSA) is 41.6 Å². The summed E-state index contributed by atoms with van der Waals surface area (Å²) >= 11 is 0. The molecule has 1 fully saturated rings. The summed E-state index contributed by atoms with van der Waals surface area (Å²) in [6.45, 7) is 12.6. The van der Waals surface area contributed by atoms with Crippen LogP contribution >= 0.6 is 0 Å². The number of anilines is 1. The SMILES string of the molecule is CC[C@H](Oc1cc(C)ccc1C)C(=O)N[C@@H](C)c1ccc(N2CCC(C)CC2)cc1. The van der Waals surface area contributed by atoms with E-state index >= 15 is 0 Å². The van der Waals surface area contributed by atoms with E-state index in [1.54, 1.807) is 0 Å². The van der Waals surface area contributed by atoms with E-state index in [4.69, 9.17) is 4.74 Å². The van der Waals surface area contributed by atoms with Crippen molar-refractivity contribution in [3.63, 3.8) is 0 Å². The second-order valence-corrected chi connectivity index (χ2v) is 8.78. The van der Waals surface area contributed by atoms with Crippen LogP contribution in [0, 0.1) is 19.8 Å². The Hall–Kier alpha value is -2.49. The highest BCUT2D eigenvalue weighted by Crippen LogP contribution is 2.25. The summed E-state index contributed by atoms with van der Waals surface area (Å²) in [7, 11) is 0. The monoisotopic (exact) mass is 408 g/mol. The molecule has 0 aliphatic carbocycles. The van der Waals surface area contributed by atoms with E-state index in [9.17, 15) is 4.79 Å². The summed E-state index contributed by atoms with van der Waals surface area (Å²) < 4.78 is 6.06. The van der Waals surface area contributed by atoms with Crippen LogP contribution in [0.2, 0.25) is 0 Å². The van der Waals surface area contributed by atoms with Crippen molar-refractivity contribution < 1.29 is 9.53 Å².